The summed E-state index contributed by atoms with van der Waals surface area (Å²) in [5, 5.41) is 10.1. The Morgan fingerprint density at radius 1 is 1.27 bits per heavy atom. The molecule has 13 heteroatoms. The zero-order chi connectivity index (χ0) is 29.2. The van der Waals surface area contributed by atoms with E-state index in [0.29, 0.717) is 55.9 Å². The highest BCUT2D eigenvalue weighted by Crippen LogP contribution is 2.45. The van der Waals surface area contributed by atoms with Crippen molar-refractivity contribution in [2.45, 2.75) is 69.1 Å². The summed E-state index contributed by atoms with van der Waals surface area (Å²) in [6.45, 7) is 4.22. The molecule has 0 radical (unpaired) electrons. The third-order valence-electron chi connectivity index (χ3n) is 8.70. The van der Waals surface area contributed by atoms with Crippen LogP contribution in [0.3, 0.4) is 0 Å². The molecule has 1 aromatic heterocycles. The van der Waals surface area contributed by atoms with Crippen LogP contribution in [0.5, 0.6) is 6.01 Å². The number of β-amino-alcohol motifs (C(OH)–C–C–N with tert-alkyl or cyclic N) is 1. The van der Waals surface area contributed by atoms with Crippen LogP contribution < -0.4 is 15.4 Å². The van der Waals surface area contributed by atoms with Crippen molar-refractivity contribution in [3.63, 3.8) is 0 Å². The van der Waals surface area contributed by atoms with Gasteiger partial charge in [0.1, 0.15) is 12.4 Å². The minimum absolute atomic E-state index is 0.0142. The molecule has 0 spiro atoms. The van der Waals surface area contributed by atoms with E-state index in [2.05, 4.69) is 9.88 Å². The number of rotatable bonds is 5. The molecule has 8 nitrogen and oxygen atoms in total. The van der Waals surface area contributed by atoms with Crippen molar-refractivity contribution in [2.75, 3.05) is 43.4 Å². The maximum atomic E-state index is 14.0. The van der Waals surface area contributed by atoms with Crippen LogP contribution in [0.15, 0.2) is 24.0 Å². The van der Waals surface area contributed by atoms with Gasteiger partial charge in [-0.3, -0.25) is 4.90 Å². The molecule has 5 heterocycles. The fraction of sp³-hybridized carbons (Fsp3) is 0.571. The molecule has 0 bridgehead atoms. The van der Waals surface area contributed by atoms with Gasteiger partial charge in [-0.1, -0.05) is 11.6 Å². The average molecular weight is 598 g/mol. The van der Waals surface area contributed by atoms with Crippen LogP contribution in [0.4, 0.5) is 29.1 Å². The van der Waals surface area contributed by atoms with Gasteiger partial charge in [0.25, 0.3) is 0 Å². The lowest BCUT2D eigenvalue weighted by Gasteiger charge is -2.32. The molecule has 4 aliphatic heterocycles. The molecular formula is C28H32ClF4N5O3. The van der Waals surface area contributed by atoms with E-state index in [4.69, 9.17) is 31.8 Å². The largest absolute Gasteiger partial charge is 0.461 e. The fourth-order valence-corrected chi connectivity index (χ4v) is 7.08. The quantitative estimate of drug-likeness (QED) is 0.368. The van der Waals surface area contributed by atoms with Crippen molar-refractivity contribution < 1.29 is 32.1 Å². The first kappa shape index (κ1) is 28.4. The number of ether oxygens (including phenoxy) is 2. The summed E-state index contributed by atoms with van der Waals surface area (Å²) in [5.41, 5.74) is 5.42. The molecule has 6 rings (SSSR count). The standard InChI is InChI=1S/C28H32ClF4N5O3/c1-26(39)4-6-37(14-26)24-19-13-40-22(18-7-17(34)8-20(29)23(18)28(31,32)33)9-21(19)35-25(36-24)41-15-27-3-2-5-38(27)12-16(10-27)11-30/h7-8,11,22,39H,2-6,9-10,12-15,34H2,1H3/b16-11-/t22-,26-,27-/m0/s1. The Balaban J connectivity index is 1.35. The predicted molar refractivity (Wildman–Crippen MR) is 144 cm³/mol. The number of nitrogens with zero attached hydrogens (tertiary/aromatic N) is 4. The van der Waals surface area contributed by atoms with Gasteiger partial charge in [0, 0.05) is 37.3 Å². The summed E-state index contributed by atoms with van der Waals surface area (Å²) in [5.74, 6) is 0.527. The van der Waals surface area contributed by atoms with Gasteiger partial charge in [-0.25, -0.2) is 4.39 Å². The lowest BCUT2D eigenvalue weighted by atomic mass is 9.94. The lowest BCUT2D eigenvalue weighted by molar-refractivity contribution is -0.139. The van der Waals surface area contributed by atoms with E-state index in [1.54, 1.807) is 6.92 Å². The monoisotopic (exact) mass is 597 g/mol. The van der Waals surface area contributed by atoms with Crippen molar-refractivity contribution in [2.24, 2.45) is 0 Å². The number of hydrogen-bond acceptors (Lipinski definition) is 8. The van der Waals surface area contributed by atoms with Gasteiger partial charge < -0.3 is 25.2 Å². The first-order valence-corrected chi connectivity index (χ1v) is 14.1. The zero-order valence-corrected chi connectivity index (χ0v) is 23.4. The molecule has 1 aromatic carbocycles. The van der Waals surface area contributed by atoms with Gasteiger partial charge >= 0.3 is 12.2 Å². The summed E-state index contributed by atoms with van der Waals surface area (Å²) in [6.07, 6.45) is -2.12. The number of aliphatic hydroxyl groups is 1. The van der Waals surface area contributed by atoms with Gasteiger partial charge in [0.15, 0.2) is 0 Å². The average Bonchev–Trinajstić information content (AvgIpc) is 3.56. The number of aromatic nitrogens is 2. The Morgan fingerprint density at radius 3 is 2.78 bits per heavy atom. The molecule has 0 aliphatic carbocycles. The van der Waals surface area contributed by atoms with E-state index in [-0.39, 0.29) is 42.4 Å². The minimum atomic E-state index is -4.71. The Labute approximate surface area is 240 Å². The Bertz CT molecular complexity index is 1390. The zero-order valence-electron chi connectivity index (χ0n) is 22.6. The molecule has 3 N–H and O–H groups in total. The first-order valence-electron chi connectivity index (χ1n) is 13.7. The number of alkyl halides is 3. The second-order valence-corrected chi connectivity index (χ2v) is 12.3. The van der Waals surface area contributed by atoms with Gasteiger partial charge in [-0.05, 0) is 62.4 Å². The van der Waals surface area contributed by atoms with Gasteiger partial charge in [0.05, 0.1) is 46.5 Å². The Kier molecular flexibility index (Phi) is 7.11. The van der Waals surface area contributed by atoms with Gasteiger partial charge in [-0.2, -0.15) is 23.1 Å². The molecule has 4 aliphatic rings. The van der Waals surface area contributed by atoms with Crippen molar-refractivity contribution in [3.05, 3.63) is 51.4 Å². The normalized spacial score (nSPS) is 29.3. The second kappa shape index (κ2) is 10.3. The SMILES string of the molecule is C[C@]1(O)CCN(c2nc(OC[C@@]34CCCN3C/C(=C\F)C4)nc3c2CO[C@H](c2cc(N)cc(Cl)c2C(F)(F)F)C3)C1. The number of halogens is 5. The Morgan fingerprint density at radius 2 is 2.07 bits per heavy atom. The van der Waals surface area contributed by atoms with Crippen LogP contribution in [-0.4, -0.2) is 63.9 Å². The molecular weight excluding hydrogens is 566 g/mol. The van der Waals surface area contributed by atoms with Crippen molar-refractivity contribution in [1.82, 2.24) is 14.9 Å². The number of fused-ring (bicyclic) bond motifs is 2. The van der Waals surface area contributed by atoms with E-state index < -0.39 is 28.5 Å². The Hall–Kier alpha value is -2.67. The van der Waals surface area contributed by atoms with E-state index in [1.807, 2.05) is 4.90 Å². The van der Waals surface area contributed by atoms with Crippen LogP contribution in [-0.2, 0) is 23.9 Å². The smallest absolute Gasteiger partial charge is 0.418 e. The molecule has 3 saturated heterocycles. The maximum absolute atomic E-state index is 14.0. The second-order valence-electron chi connectivity index (χ2n) is 11.9. The van der Waals surface area contributed by atoms with Crippen LogP contribution in [0.2, 0.25) is 5.02 Å². The number of hydrogen-bond donors (Lipinski definition) is 2. The van der Waals surface area contributed by atoms with E-state index in [1.165, 1.54) is 6.07 Å². The minimum Gasteiger partial charge on any atom is -0.461 e. The van der Waals surface area contributed by atoms with Gasteiger partial charge in [-0.15, -0.1) is 0 Å². The summed E-state index contributed by atoms with van der Waals surface area (Å²) in [4.78, 5) is 13.5. The molecule has 41 heavy (non-hydrogen) atoms. The summed E-state index contributed by atoms with van der Waals surface area (Å²) in [7, 11) is 0. The molecule has 3 atom stereocenters. The van der Waals surface area contributed by atoms with Crippen molar-refractivity contribution >= 4 is 23.1 Å². The molecule has 0 saturated carbocycles. The van der Waals surface area contributed by atoms with E-state index in [9.17, 15) is 22.7 Å². The van der Waals surface area contributed by atoms with Crippen LogP contribution in [0, 0.1) is 0 Å². The summed E-state index contributed by atoms with van der Waals surface area (Å²) in [6, 6.07) is 2.41. The van der Waals surface area contributed by atoms with E-state index in [0.717, 1.165) is 31.0 Å². The molecule has 2 aromatic rings. The number of anilines is 2. The highest BCUT2D eigenvalue weighted by Gasteiger charge is 2.47. The highest BCUT2D eigenvalue weighted by atomic mass is 35.5. The van der Waals surface area contributed by atoms with Crippen molar-refractivity contribution in [1.29, 1.82) is 0 Å². The predicted octanol–water partition coefficient (Wildman–Crippen LogP) is 4.98. The number of benzene rings is 1. The number of nitrogen functional groups attached to an aromatic ring is 1. The maximum Gasteiger partial charge on any atom is 0.418 e. The topological polar surface area (TPSA) is 97.0 Å². The fourth-order valence-electron chi connectivity index (χ4n) is 6.74. The lowest BCUT2D eigenvalue weighted by Crippen LogP contribution is -2.43. The molecule has 222 valence electrons. The first-order chi connectivity index (χ1) is 19.4. The van der Waals surface area contributed by atoms with Crippen LogP contribution in [0.25, 0.3) is 0 Å². The molecule has 0 unspecified atom stereocenters. The third-order valence-corrected chi connectivity index (χ3v) is 9.00. The van der Waals surface area contributed by atoms with Crippen LogP contribution >= 0.6 is 11.6 Å². The summed E-state index contributed by atoms with van der Waals surface area (Å²) < 4.78 is 67.6. The molecule has 0 amide bonds. The van der Waals surface area contributed by atoms with E-state index >= 15 is 0 Å². The van der Waals surface area contributed by atoms with Gasteiger partial charge in [0.2, 0.25) is 0 Å². The number of nitrogens with two attached hydrogens (primary N) is 1. The summed E-state index contributed by atoms with van der Waals surface area (Å²) >= 11 is 6.01. The molecule has 3 fully saturated rings. The third kappa shape index (κ3) is 5.35. The van der Waals surface area contributed by atoms with Crippen molar-refractivity contribution in [3.8, 4) is 6.01 Å². The highest BCUT2D eigenvalue weighted by molar-refractivity contribution is 6.31. The van der Waals surface area contributed by atoms with Crippen LogP contribution in [0.1, 0.15) is 61.1 Å².